The van der Waals surface area contributed by atoms with Crippen molar-refractivity contribution in [2.75, 3.05) is 0 Å². The summed E-state index contributed by atoms with van der Waals surface area (Å²) in [5, 5.41) is 8.69. The van der Waals surface area contributed by atoms with Gasteiger partial charge in [0.2, 0.25) is 0 Å². The number of aryl methyl sites for hydroxylation is 1. The second-order valence-electron chi connectivity index (χ2n) is 1.13. The molecule has 0 unspecified atom stereocenters. The van der Waals surface area contributed by atoms with Crippen molar-refractivity contribution in [3.05, 3.63) is 5.01 Å². The predicted octanol–water partition coefficient (Wildman–Crippen LogP) is -0.360. The summed E-state index contributed by atoms with van der Waals surface area (Å²) in [5.74, 6) is 0. The molecule has 0 aliphatic rings. The summed E-state index contributed by atoms with van der Waals surface area (Å²) in [6.07, 6.45) is 0. The topological polar surface area (TPSA) is 25.8 Å². The van der Waals surface area contributed by atoms with Crippen LogP contribution >= 0.6 is 11.3 Å². The Hall–Kier alpha value is 0.359. The van der Waals surface area contributed by atoms with E-state index in [0.29, 0.717) is 0 Å². The summed E-state index contributed by atoms with van der Waals surface area (Å²) >= 11 is 3.02. The van der Waals surface area contributed by atoms with Gasteiger partial charge in [-0.25, -0.2) is 0 Å². The van der Waals surface area contributed by atoms with Crippen LogP contribution in [-0.4, -0.2) is 32.7 Å². The summed E-state index contributed by atoms with van der Waals surface area (Å²) < 4.78 is 1.13. The SMILES string of the molecule is Cc1nn[c]([Sn])s1. The summed E-state index contributed by atoms with van der Waals surface area (Å²) in [6, 6.07) is 0. The zero-order chi connectivity index (χ0) is 5.28. The zero-order valence-electron chi connectivity index (χ0n) is 3.80. The predicted molar refractivity (Wildman–Crippen MR) is 30.0 cm³/mol. The molecule has 1 heterocycles. The first-order valence-corrected chi connectivity index (χ1v) is 4.05. The van der Waals surface area contributed by atoms with Crippen LogP contribution in [0.2, 0.25) is 0 Å². The Morgan fingerprint density at radius 1 is 1.57 bits per heavy atom. The van der Waals surface area contributed by atoms with Gasteiger partial charge in [-0.3, -0.25) is 0 Å². The van der Waals surface area contributed by atoms with Crippen LogP contribution in [0.1, 0.15) is 5.01 Å². The van der Waals surface area contributed by atoms with E-state index < -0.39 is 0 Å². The molecule has 35 valence electrons. The van der Waals surface area contributed by atoms with Gasteiger partial charge in [0.05, 0.1) is 0 Å². The van der Waals surface area contributed by atoms with Gasteiger partial charge < -0.3 is 0 Å². The van der Waals surface area contributed by atoms with E-state index in [1.54, 1.807) is 11.3 Å². The van der Waals surface area contributed by atoms with Gasteiger partial charge in [0.1, 0.15) is 0 Å². The van der Waals surface area contributed by atoms with Gasteiger partial charge in [0, 0.05) is 0 Å². The van der Waals surface area contributed by atoms with Crippen molar-refractivity contribution in [3.63, 3.8) is 0 Å². The monoisotopic (exact) mass is 219 g/mol. The third-order valence-corrected chi connectivity index (χ3v) is 2.34. The van der Waals surface area contributed by atoms with Crippen molar-refractivity contribution in [2.45, 2.75) is 6.92 Å². The van der Waals surface area contributed by atoms with Crippen LogP contribution in [0.3, 0.4) is 0 Å². The molecule has 3 radical (unpaired) electrons. The van der Waals surface area contributed by atoms with Crippen molar-refractivity contribution in [2.24, 2.45) is 0 Å². The van der Waals surface area contributed by atoms with Crippen LogP contribution in [0.25, 0.3) is 0 Å². The quantitative estimate of drug-likeness (QED) is 0.555. The Morgan fingerprint density at radius 2 is 2.29 bits per heavy atom. The molecule has 0 aromatic carbocycles. The Bertz CT molecular complexity index is 145. The van der Waals surface area contributed by atoms with Crippen molar-refractivity contribution in [3.8, 4) is 0 Å². The van der Waals surface area contributed by atoms with E-state index in [0.717, 1.165) is 8.03 Å². The summed E-state index contributed by atoms with van der Waals surface area (Å²) in [7, 11) is 0. The van der Waals surface area contributed by atoms with Gasteiger partial charge in [0.15, 0.2) is 0 Å². The van der Waals surface area contributed by atoms with Crippen LogP contribution < -0.4 is 3.02 Å². The fourth-order valence-corrected chi connectivity index (χ4v) is 2.15. The van der Waals surface area contributed by atoms with E-state index in [1.165, 1.54) is 22.5 Å². The number of hydrogen-bond donors (Lipinski definition) is 0. The average Bonchev–Trinajstić information content (AvgIpc) is 1.87. The molecule has 0 spiro atoms. The van der Waals surface area contributed by atoms with Gasteiger partial charge in [-0.2, -0.15) is 0 Å². The first-order chi connectivity index (χ1) is 3.29. The van der Waals surface area contributed by atoms with Crippen molar-refractivity contribution in [1.82, 2.24) is 10.2 Å². The number of nitrogens with zero attached hydrogens (tertiary/aromatic N) is 2. The Labute approximate surface area is 59.1 Å². The summed E-state index contributed by atoms with van der Waals surface area (Å²) in [5.41, 5.74) is 0. The van der Waals surface area contributed by atoms with Crippen LogP contribution in [0, 0.1) is 6.92 Å². The molecule has 0 amide bonds. The fourth-order valence-electron chi connectivity index (χ4n) is 0.297. The third-order valence-electron chi connectivity index (χ3n) is 0.526. The average molecular weight is 218 g/mol. The normalized spacial score (nSPS) is 9.43. The van der Waals surface area contributed by atoms with E-state index in [9.17, 15) is 0 Å². The summed E-state index contributed by atoms with van der Waals surface area (Å²) in [6.45, 7) is 1.96. The zero-order valence-corrected chi connectivity index (χ0v) is 7.47. The molecule has 0 atom stereocenters. The standard InChI is InChI=1S/C3H3N2S.Sn/c1-3-5-4-2-6-3;/h1H3;. The molecule has 4 heteroatoms. The Morgan fingerprint density at radius 3 is 2.43 bits per heavy atom. The van der Waals surface area contributed by atoms with Crippen LogP contribution in [-0.2, 0) is 0 Å². The van der Waals surface area contributed by atoms with Gasteiger partial charge in [-0.05, 0) is 0 Å². The number of hydrogen-bond acceptors (Lipinski definition) is 3. The molecule has 0 N–H and O–H groups in total. The number of rotatable bonds is 0. The maximum absolute atomic E-state index is 3.82. The van der Waals surface area contributed by atoms with Gasteiger partial charge >= 0.3 is 59.0 Å². The second-order valence-corrected chi connectivity index (χ2v) is 4.69. The second kappa shape index (κ2) is 2.08. The molecule has 7 heavy (non-hydrogen) atoms. The van der Waals surface area contributed by atoms with E-state index in [4.69, 9.17) is 0 Å². The third kappa shape index (κ3) is 1.38. The van der Waals surface area contributed by atoms with E-state index in [1.807, 2.05) is 6.92 Å². The van der Waals surface area contributed by atoms with Crippen molar-refractivity contribution in [1.29, 1.82) is 0 Å². The van der Waals surface area contributed by atoms with Gasteiger partial charge in [-0.15, -0.1) is 0 Å². The first-order valence-electron chi connectivity index (χ1n) is 1.81. The summed E-state index contributed by atoms with van der Waals surface area (Å²) in [4.78, 5) is 0. The van der Waals surface area contributed by atoms with Gasteiger partial charge in [0.25, 0.3) is 0 Å². The van der Waals surface area contributed by atoms with Crippen LogP contribution in [0.15, 0.2) is 0 Å². The molecule has 0 aliphatic heterocycles. The molecular weight excluding hydrogens is 215 g/mol. The fraction of sp³-hybridized carbons (Fsp3) is 0.333. The molecule has 1 aromatic heterocycles. The molecule has 0 saturated heterocycles. The Kier molecular flexibility index (Phi) is 1.64. The maximum atomic E-state index is 3.82. The minimum atomic E-state index is 1.06. The molecule has 2 nitrogen and oxygen atoms in total. The van der Waals surface area contributed by atoms with E-state index >= 15 is 0 Å². The van der Waals surface area contributed by atoms with Crippen molar-refractivity contribution < 1.29 is 0 Å². The molecule has 1 aromatic rings. The molecule has 0 bridgehead atoms. The van der Waals surface area contributed by atoms with Crippen LogP contribution in [0.5, 0.6) is 0 Å². The first kappa shape index (κ1) is 5.49. The molecule has 0 aliphatic carbocycles. The van der Waals surface area contributed by atoms with Crippen molar-refractivity contribution >= 4 is 36.9 Å². The number of aromatic nitrogens is 2. The molecule has 1 rings (SSSR count). The minimum absolute atomic E-state index is 1.06. The molecular formula is C3H3N2SSn. The van der Waals surface area contributed by atoms with E-state index in [2.05, 4.69) is 10.2 Å². The molecule has 0 saturated carbocycles. The Balaban J connectivity index is 3.04. The van der Waals surface area contributed by atoms with Crippen LogP contribution in [0.4, 0.5) is 0 Å². The van der Waals surface area contributed by atoms with E-state index in [-0.39, 0.29) is 0 Å². The molecule has 0 fully saturated rings. The van der Waals surface area contributed by atoms with Gasteiger partial charge in [-0.1, -0.05) is 0 Å².